The summed E-state index contributed by atoms with van der Waals surface area (Å²) in [6.45, 7) is 0.644. The van der Waals surface area contributed by atoms with E-state index in [-0.39, 0.29) is 16.8 Å². The van der Waals surface area contributed by atoms with Crippen molar-refractivity contribution in [3.63, 3.8) is 0 Å². The van der Waals surface area contributed by atoms with E-state index in [2.05, 4.69) is 20.9 Å². The zero-order chi connectivity index (χ0) is 14.0. The predicted molar refractivity (Wildman–Crippen MR) is 76.9 cm³/mol. The molecule has 9 heteroatoms. The van der Waals surface area contributed by atoms with Crippen LogP contribution in [-0.4, -0.2) is 37.9 Å². The lowest BCUT2D eigenvalue weighted by atomic mass is 10.1. The normalized spacial score (nSPS) is 21.1. The van der Waals surface area contributed by atoms with Crippen molar-refractivity contribution in [3.8, 4) is 0 Å². The number of halogens is 2. The smallest absolute Gasteiger partial charge is 0.211 e. The van der Waals surface area contributed by atoms with Crippen molar-refractivity contribution in [2.45, 2.75) is 23.1 Å². The fourth-order valence-corrected chi connectivity index (χ4v) is 5.97. The summed E-state index contributed by atoms with van der Waals surface area (Å²) in [5.41, 5.74) is 0. The van der Waals surface area contributed by atoms with E-state index in [1.165, 1.54) is 16.5 Å². The molecule has 2 heterocycles. The second kappa shape index (κ2) is 6.03. The third kappa shape index (κ3) is 3.26. The first-order chi connectivity index (χ1) is 8.95. The van der Waals surface area contributed by atoms with Gasteiger partial charge in [0.05, 0.1) is 14.9 Å². The van der Waals surface area contributed by atoms with Crippen molar-refractivity contribution >= 4 is 55.0 Å². The fraction of sp³-hybridized carbons (Fsp3) is 0.500. The molecule has 104 valence electrons. The van der Waals surface area contributed by atoms with Gasteiger partial charge in [-0.3, -0.25) is 0 Å². The van der Waals surface area contributed by atoms with Gasteiger partial charge in [-0.1, -0.05) is 11.6 Å². The highest BCUT2D eigenvalue weighted by Gasteiger charge is 2.31. The first-order valence-corrected chi connectivity index (χ1v) is 8.90. The average Bonchev–Trinajstić information content (AvgIpc) is 2.71. The number of isocyanates is 1. The molecule has 1 aliphatic heterocycles. The van der Waals surface area contributed by atoms with E-state index in [0.29, 0.717) is 28.2 Å². The van der Waals surface area contributed by atoms with Gasteiger partial charge < -0.3 is 0 Å². The lowest BCUT2D eigenvalue weighted by molar-refractivity contribution is 0.317. The second-order valence-electron chi connectivity index (χ2n) is 4.07. The largest absolute Gasteiger partial charge is 0.252 e. The molecule has 0 aliphatic carbocycles. The predicted octanol–water partition coefficient (Wildman–Crippen LogP) is 2.65. The number of hydrogen-bond acceptors (Lipinski definition) is 5. The molecular weight excluding hydrogens is 376 g/mol. The van der Waals surface area contributed by atoms with Gasteiger partial charge in [-0.05, 0) is 34.8 Å². The van der Waals surface area contributed by atoms with E-state index >= 15 is 0 Å². The number of rotatable bonds is 3. The summed E-state index contributed by atoms with van der Waals surface area (Å²) < 4.78 is 27.0. The lowest BCUT2D eigenvalue weighted by Crippen LogP contribution is -2.41. The highest BCUT2D eigenvalue weighted by molar-refractivity contribution is 9.11. The van der Waals surface area contributed by atoms with Crippen molar-refractivity contribution in [1.29, 1.82) is 0 Å². The van der Waals surface area contributed by atoms with Crippen molar-refractivity contribution < 1.29 is 13.2 Å². The maximum absolute atomic E-state index is 12.4. The minimum atomic E-state index is -3.57. The minimum Gasteiger partial charge on any atom is -0.211 e. The second-order valence-corrected chi connectivity index (χ2v) is 9.01. The van der Waals surface area contributed by atoms with Gasteiger partial charge in [0.2, 0.25) is 6.08 Å². The molecule has 1 aliphatic rings. The molecule has 0 spiro atoms. The summed E-state index contributed by atoms with van der Waals surface area (Å²) in [6, 6.07) is 1.12. The molecule has 0 saturated carbocycles. The summed E-state index contributed by atoms with van der Waals surface area (Å²) in [5.74, 6) is 0. The number of carbonyl (C=O) groups excluding carboxylic acids is 1. The van der Waals surface area contributed by atoms with Crippen LogP contribution in [0.3, 0.4) is 0 Å². The zero-order valence-electron chi connectivity index (χ0n) is 9.67. The maximum Gasteiger partial charge on any atom is 0.252 e. The van der Waals surface area contributed by atoms with E-state index in [1.807, 2.05) is 0 Å². The topological polar surface area (TPSA) is 66.8 Å². The highest BCUT2D eigenvalue weighted by atomic mass is 79.9. The van der Waals surface area contributed by atoms with Gasteiger partial charge in [0.1, 0.15) is 4.21 Å². The van der Waals surface area contributed by atoms with Gasteiger partial charge in [0.15, 0.2) is 0 Å². The van der Waals surface area contributed by atoms with E-state index in [0.717, 1.165) is 11.3 Å². The molecule has 19 heavy (non-hydrogen) atoms. The molecule has 0 bridgehead atoms. The van der Waals surface area contributed by atoms with E-state index in [4.69, 9.17) is 11.6 Å². The summed E-state index contributed by atoms with van der Waals surface area (Å²) >= 11 is 10.1. The van der Waals surface area contributed by atoms with E-state index in [9.17, 15) is 13.2 Å². The number of piperidine rings is 1. The van der Waals surface area contributed by atoms with Crippen LogP contribution in [0, 0.1) is 0 Å². The Morgan fingerprint density at radius 3 is 2.89 bits per heavy atom. The molecule has 0 N–H and O–H groups in total. The molecule has 0 aromatic carbocycles. The van der Waals surface area contributed by atoms with Gasteiger partial charge in [0, 0.05) is 13.1 Å². The van der Waals surface area contributed by atoms with Crippen LogP contribution in [-0.2, 0) is 14.8 Å². The van der Waals surface area contributed by atoms with Gasteiger partial charge in [-0.15, -0.1) is 11.3 Å². The van der Waals surface area contributed by atoms with Crippen molar-refractivity contribution in [2.75, 3.05) is 13.1 Å². The third-order valence-electron chi connectivity index (χ3n) is 2.81. The van der Waals surface area contributed by atoms with Gasteiger partial charge in [-0.2, -0.15) is 4.31 Å². The van der Waals surface area contributed by atoms with Gasteiger partial charge in [0.25, 0.3) is 10.0 Å². The lowest BCUT2D eigenvalue weighted by Gasteiger charge is -2.28. The van der Waals surface area contributed by atoms with Crippen LogP contribution >= 0.6 is 38.9 Å². The Morgan fingerprint density at radius 1 is 1.58 bits per heavy atom. The summed E-state index contributed by atoms with van der Waals surface area (Å²) in [6.07, 6.45) is 2.87. The van der Waals surface area contributed by atoms with Crippen molar-refractivity contribution in [2.24, 2.45) is 4.99 Å². The third-order valence-corrected chi connectivity index (χ3v) is 7.60. The number of thiophene rings is 1. The monoisotopic (exact) mass is 384 g/mol. The van der Waals surface area contributed by atoms with Crippen LogP contribution in [0.25, 0.3) is 0 Å². The average molecular weight is 386 g/mol. The standard InChI is InChI=1S/C10H10BrClN2O3S2/c11-10-8(12)4-9(18-10)19(16,17)14-3-1-2-7(5-14)13-6-15/h4,7H,1-3,5H2. The first kappa shape index (κ1) is 15.2. The Bertz CT molecular complexity index is 605. The quantitative estimate of drug-likeness (QED) is 0.593. The molecule has 1 saturated heterocycles. The van der Waals surface area contributed by atoms with Gasteiger partial charge in [-0.25, -0.2) is 18.2 Å². The van der Waals surface area contributed by atoms with Crippen LogP contribution in [0.4, 0.5) is 0 Å². The fourth-order valence-electron chi connectivity index (χ4n) is 1.90. The van der Waals surface area contributed by atoms with Crippen molar-refractivity contribution in [3.05, 3.63) is 14.9 Å². The van der Waals surface area contributed by atoms with Crippen LogP contribution in [0.5, 0.6) is 0 Å². The number of aliphatic imine (C=N–C) groups is 1. The van der Waals surface area contributed by atoms with Crippen LogP contribution < -0.4 is 0 Å². The number of nitrogens with zero attached hydrogens (tertiary/aromatic N) is 2. The molecule has 2 rings (SSSR count). The molecule has 1 aromatic heterocycles. The minimum absolute atomic E-state index is 0.195. The molecule has 0 radical (unpaired) electrons. The Kier molecular flexibility index (Phi) is 4.81. The van der Waals surface area contributed by atoms with Crippen LogP contribution in [0.15, 0.2) is 19.1 Å². The van der Waals surface area contributed by atoms with Crippen LogP contribution in [0.1, 0.15) is 12.8 Å². The summed E-state index contributed by atoms with van der Waals surface area (Å²) in [5, 5.41) is 0.378. The molecule has 5 nitrogen and oxygen atoms in total. The Hall–Kier alpha value is -0.240. The molecule has 1 atom stereocenters. The molecular formula is C10H10BrClN2O3S2. The summed E-state index contributed by atoms with van der Waals surface area (Å²) in [7, 11) is -3.57. The Balaban J connectivity index is 2.26. The highest BCUT2D eigenvalue weighted by Crippen LogP contribution is 2.36. The number of sulfonamides is 1. The van der Waals surface area contributed by atoms with Gasteiger partial charge >= 0.3 is 0 Å². The zero-order valence-corrected chi connectivity index (χ0v) is 13.6. The molecule has 0 amide bonds. The first-order valence-electron chi connectivity index (χ1n) is 5.47. The van der Waals surface area contributed by atoms with Crippen molar-refractivity contribution in [1.82, 2.24) is 4.31 Å². The Morgan fingerprint density at radius 2 is 2.32 bits per heavy atom. The summed E-state index contributed by atoms with van der Waals surface area (Å²) in [4.78, 5) is 13.9. The van der Waals surface area contributed by atoms with E-state index in [1.54, 1.807) is 0 Å². The SMILES string of the molecule is O=C=NC1CCCN(S(=O)(=O)c2cc(Cl)c(Br)s2)C1. The van der Waals surface area contributed by atoms with Crippen LogP contribution in [0.2, 0.25) is 5.02 Å². The molecule has 1 unspecified atom stereocenters. The number of hydrogen-bond donors (Lipinski definition) is 0. The maximum atomic E-state index is 12.4. The Labute approximate surface area is 128 Å². The molecule has 1 fully saturated rings. The van der Waals surface area contributed by atoms with E-state index < -0.39 is 10.0 Å². The molecule has 1 aromatic rings.